The van der Waals surface area contributed by atoms with Crippen LogP contribution in [-0.4, -0.2) is 76.7 Å². The average Bonchev–Trinajstić information content (AvgIpc) is 2.85. The van der Waals surface area contributed by atoms with Gasteiger partial charge >= 0.3 is 0 Å². The van der Waals surface area contributed by atoms with Crippen LogP contribution in [0.5, 0.6) is 0 Å². The van der Waals surface area contributed by atoms with Gasteiger partial charge in [0.25, 0.3) is 0 Å². The van der Waals surface area contributed by atoms with Crippen molar-refractivity contribution in [1.82, 2.24) is 19.8 Å². The molecule has 210 valence electrons. The first-order valence-electron chi connectivity index (χ1n) is 14.1. The third-order valence-electron chi connectivity index (χ3n) is 8.39. The van der Waals surface area contributed by atoms with Crippen LogP contribution in [0.1, 0.15) is 66.7 Å². The van der Waals surface area contributed by atoms with Crippen LogP contribution in [0, 0.1) is 5.82 Å². The van der Waals surface area contributed by atoms with Crippen molar-refractivity contribution in [2.24, 2.45) is 0 Å². The van der Waals surface area contributed by atoms with Gasteiger partial charge in [-0.1, -0.05) is 31.4 Å². The number of piperidine rings is 1. The fourth-order valence-electron chi connectivity index (χ4n) is 5.96. The highest BCUT2D eigenvalue weighted by molar-refractivity contribution is 6.33. The highest BCUT2D eigenvalue weighted by Gasteiger charge is 2.43. The van der Waals surface area contributed by atoms with E-state index in [-0.39, 0.29) is 22.9 Å². The molecule has 2 saturated heterocycles. The molecule has 9 heteroatoms. The number of hydrogen-bond acceptors (Lipinski definition) is 7. The summed E-state index contributed by atoms with van der Waals surface area (Å²) in [6, 6.07) is 6.03. The Bertz CT molecular complexity index is 1070. The second-order valence-electron chi connectivity index (χ2n) is 12.2. The minimum absolute atomic E-state index is 0.00973. The Hall–Kier alpha value is -2.16. The molecule has 4 rings (SSSR count). The van der Waals surface area contributed by atoms with E-state index in [1.165, 1.54) is 32.0 Å². The maximum absolute atomic E-state index is 14.7. The van der Waals surface area contributed by atoms with Gasteiger partial charge in [0.05, 0.1) is 16.9 Å². The lowest BCUT2D eigenvalue weighted by Gasteiger charge is -2.53. The Balaban J connectivity index is 1.39. The van der Waals surface area contributed by atoms with E-state index in [0.29, 0.717) is 11.0 Å². The summed E-state index contributed by atoms with van der Waals surface area (Å²) >= 11 is 6.71. The normalized spacial score (nSPS) is 20.5. The fourth-order valence-corrected chi connectivity index (χ4v) is 6.26. The van der Waals surface area contributed by atoms with Crippen molar-refractivity contribution in [3.8, 4) is 0 Å². The number of hydrogen-bond donors (Lipinski definition) is 2. The first kappa shape index (κ1) is 28.8. The molecule has 2 aromatic rings. The van der Waals surface area contributed by atoms with E-state index in [4.69, 9.17) is 11.6 Å². The van der Waals surface area contributed by atoms with Gasteiger partial charge in [-0.25, -0.2) is 9.37 Å². The molecule has 0 unspecified atom stereocenters. The molecule has 2 aliphatic rings. The average molecular weight is 546 g/mol. The number of nitrogens with zero attached hydrogens (tertiary/aromatic N) is 5. The van der Waals surface area contributed by atoms with Gasteiger partial charge in [0, 0.05) is 49.0 Å². The van der Waals surface area contributed by atoms with E-state index in [1.54, 1.807) is 0 Å². The molecule has 1 aromatic carbocycles. The molecule has 0 atom stereocenters. The second-order valence-corrected chi connectivity index (χ2v) is 12.6. The maximum atomic E-state index is 14.7. The third kappa shape index (κ3) is 6.88. The summed E-state index contributed by atoms with van der Waals surface area (Å²) < 4.78 is 14.7. The molecule has 0 spiro atoms. The van der Waals surface area contributed by atoms with Crippen molar-refractivity contribution < 1.29 is 4.39 Å². The van der Waals surface area contributed by atoms with Gasteiger partial charge in [-0.15, -0.1) is 0 Å². The van der Waals surface area contributed by atoms with Crippen LogP contribution in [0.2, 0.25) is 5.02 Å². The molecule has 0 saturated carbocycles. The minimum Gasteiger partial charge on any atom is -0.368 e. The number of halogens is 2. The van der Waals surface area contributed by atoms with Gasteiger partial charge in [0.1, 0.15) is 0 Å². The summed E-state index contributed by atoms with van der Waals surface area (Å²) in [6.07, 6.45) is 6.83. The molecule has 0 amide bonds. The zero-order valence-corrected chi connectivity index (χ0v) is 24.7. The monoisotopic (exact) mass is 545 g/mol. The summed E-state index contributed by atoms with van der Waals surface area (Å²) in [4.78, 5) is 15.9. The second kappa shape index (κ2) is 11.9. The number of rotatable bonds is 9. The van der Waals surface area contributed by atoms with Crippen molar-refractivity contribution in [3.05, 3.63) is 35.2 Å². The SMILES string of the molecule is CCCCCN1CCN(c2ccc(Nc3ncc(F)c(NC4CC(C)(C)N(C)C(C)(C)C4)n3)cc2Cl)CC1. The lowest BCUT2D eigenvalue weighted by molar-refractivity contribution is -0.00778. The van der Waals surface area contributed by atoms with Crippen LogP contribution in [0.25, 0.3) is 0 Å². The molecule has 1 aromatic heterocycles. The molecular weight excluding hydrogens is 501 g/mol. The Kier molecular flexibility index (Phi) is 9.05. The van der Waals surface area contributed by atoms with Gasteiger partial charge in [-0.2, -0.15) is 4.98 Å². The summed E-state index contributed by atoms with van der Waals surface area (Å²) in [7, 11) is 2.16. The lowest BCUT2D eigenvalue weighted by atomic mass is 9.77. The van der Waals surface area contributed by atoms with Gasteiger partial charge in [-0.05, 0) is 78.7 Å². The first-order chi connectivity index (χ1) is 18.0. The van der Waals surface area contributed by atoms with Crippen LogP contribution in [-0.2, 0) is 0 Å². The number of aromatic nitrogens is 2. The molecule has 7 nitrogen and oxygen atoms in total. The Labute approximate surface area is 233 Å². The number of nitrogens with one attached hydrogen (secondary N) is 2. The molecule has 3 heterocycles. The number of unbranched alkanes of at least 4 members (excludes halogenated alkanes) is 2. The van der Waals surface area contributed by atoms with Crippen molar-refractivity contribution in [2.45, 2.75) is 83.8 Å². The molecule has 2 fully saturated rings. The lowest BCUT2D eigenvalue weighted by Crippen LogP contribution is -2.61. The molecule has 2 N–H and O–H groups in total. The predicted octanol–water partition coefficient (Wildman–Crippen LogP) is 6.39. The van der Waals surface area contributed by atoms with Crippen molar-refractivity contribution in [2.75, 3.05) is 55.3 Å². The van der Waals surface area contributed by atoms with E-state index in [9.17, 15) is 4.39 Å². The van der Waals surface area contributed by atoms with Crippen LogP contribution in [0.4, 0.5) is 27.5 Å². The van der Waals surface area contributed by atoms with E-state index in [1.807, 2.05) is 18.2 Å². The highest BCUT2D eigenvalue weighted by Crippen LogP contribution is 2.38. The minimum atomic E-state index is -0.452. The van der Waals surface area contributed by atoms with Gasteiger partial charge in [0.15, 0.2) is 11.6 Å². The molecule has 0 aliphatic carbocycles. The fraction of sp³-hybridized carbons (Fsp3) is 0.655. The quantitative estimate of drug-likeness (QED) is 0.354. The van der Waals surface area contributed by atoms with E-state index in [2.05, 4.69) is 77.0 Å². The smallest absolute Gasteiger partial charge is 0.229 e. The van der Waals surface area contributed by atoms with Crippen molar-refractivity contribution in [1.29, 1.82) is 0 Å². The van der Waals surface area contributed by atoms with Crippen molar-refractivity contribution in [3.63, 3.8) is 0 Å². The van der Waals surface area contributed by atoms with E-state index >= 15 is 0 Å². The summed E-state index contributed by atoms with van der Waals surface area (Å²) in [5, 5.41) is 7.25. The zero-order chi connectivity index (χ0) is 27.5. The number of anilines is 4. The standard InChI is InChI=1S/C29H45ClFN7/c1-7-8-9-12-37-13-15-38(16-14-37)25-11-10-21(17-23(25)30)34-27-32-20-24(31)26(35-27)33-22-18-28(2,3)36(6)29(4,5)19-22/h10-11,17,20,22H,7-9,12-16,18-19H2,1-6H3,(H2,32,33,34,35). The molecule has 38 heavy (non-hydrogen) atoms. The predicted molar refractivity (Wildman–Crippen MR) is 157 cm³/mol. The van der Waals surface area contributed by atoms with Gasteiger partial charge < -0.3 is 15.5 Å². The first-order valence-corrected chi connectivity index (χ1v) is 14.4. The highest BCUT2D eigenvalue weighted by atomic mass is 35.5. The number of likely N-dealkylation sites (tertiary alicyclic amines) is 1. The van der Waals surface area contributed by atoms with Crippen LogP contribution >= 0.6 is 11.6 Å². The summed E-state index contributed by atoms with van der Waals surface area (Å²) in [5.74, 6) is 0.111. The van der Waals surface area contributed by atoms with E-state index in [0.717, 1.165) is 50.4 Å². The van der Waals surface area contributed by atoms with Crippen LogP contribution in [0.3, 0.4) is 0 Å². The summed E-state index contributed by atoms with van der Waals surface area (Å²) in [6.45, 7) is 16.4. The van der Waals surface area contributed by atoms with E-state index < -0.39 is 5.82 Å². The summed E-state index contributed by atoms with van der Waals surface area (Å²) in [5.41, 5.74) is 1.80. The Morgan fingerprint density at radius 2 is 1.74 bits per heavy atom. The van der Waals surface area contributed by atoms with Gasteiger partial charge in [-0.3, -0.25) is 9.80 Å². The zero-order valence-electron chi connectivity index (χ0n) is 23.9. The molecule has 2 aliphatic heterocycles. The van der Waals surface area contributed by atoms with Gasteiger partial charge in [0.2, 0.25) is 5.95 Å². The molecular formula is C29H45ClFN7. The third-order valence-corrected chi connectivity index (χ3v) is 8.69. The number of piperazine rings is 1. The van der Waals surface area contributed by atoms with Crippen LogP contribution < -0.4 is 15.5 Å². The molecule has 0 bridgehead atoms. The largest absolute Gasteiger partial charge is 0.368 e. The molecule has 0 radical (unpaired) electrons. The maximum Gasteiger partial charge on any atom is 0.229 e. The van der Waals surface area contributed by atoms with Crippen molar-refractivity contribution >= 4 is 34.7 Å². The number of benzene rings is 1. The topological polar surface area (TPSA) is 59.6 Å². The Morgan fingerprint density at radius 3 is 2.37 bits per heavy atom. The Morgan fingerprint density at radius 1 is 1.05 bits per heavy atom. The van der Waals surface area contributed by atoms with Crippen LogP contribution in [0.15, 0.2) is 24.4 Å².